The predicted octanol–water partition coefficient (Wildman–Crippen LogP) is 4.66. The molecule has 1 unspecified atom stereocenters. The Morgan fingerprint density at radius 2 is 1.65 bits per heavy atom. The molecule has 34 heavy (non-hydrogen) atoms. The summed E-state index contributed by atoms with van der Waals surface area (Å²) in [6.45, 7) is 3.94. The smallest absolute Gasteiger partial charge is 0.333 e. The zero-order valence-electron chi connectivity index (χ0n) is 18.8. The van der Waals surface area contributed by atoms with Crippen molar-refractivity contribution in [2.45, 2.75) is 26.2 Å². The third kappa shape index (κ3) is 5.18. The summed E-state index contributed by atoms with van der Waals surface area (Å²) in [6.07, 6.45) is 1.74. The van der Waals surface area contributed by atoms with Crippen LogP contribution in [0.25, 0.3) is 11.2 Å². The lowest BCUT2D eigenvalue weighted by Gasteiger charge is -2.31. The largest absolute Gasteiger partial charge is 0.471 e. The number of imidazole rings is 1. The van der Waals surface area contributed by atoms with E-state index < -0.39 is 8.60 Å². The van der Waals surface area contributed by atoms with Crippen molar-refractivity contribution < 1.29 is 18.3 Å². The molecular weight excluding hydrogens is 453 g/mol. The van der Waals surface area contributed by atoms with Crippen LogP contribution in [-0.2, 0) is 26.8 Å². The maximum Gasteiger partial charge on any atom is 0.333 e. The molecule has 4 aromatic rings. The predicted molar refractivity (Wildman–Crippen MR) is 129 cm³/mol. The average Bonchev–Trinajstić information content (AvgIpc) is 3.31. The minimum absolute atomic E-state index is 0.00699. The topological polar surface area (TPSA) is 107 Å². The van der Waals surface area contributed by atoms with Crippen LogP contribution in [0, 0.1) is 5.92 Å². The van der Waals surface area contributed by atoms with Gasteiger partial charge >= 0.3 is 8.60 Å². The van der Waals surface area contributed by atoms with Gasteiger partial charge in [-0.2, -0.15) is 9.97 Å². The van der Waals surface area contributed by atoms with Crippen molar-refractivity contribution in [1.29, 1.82) is 0 Å². The van der Waals surface area contributed by atoms with E-state index in [9.17, 15) is 0 Å². The molecule has 1 atom stereocenters. The van der Waals surface area contributed by atoms with E-state index in [1.165, 1.54) is 0 Å². The molecule has 0 amide bonds. The van der Waals surface area contributed by atoms with Crippen LogP contribution < -0.4 is 10.5 Å². The summed E-state index contributed by atoms with van der Waals surface area (Å²) in [5.41, 5.74) is 9.30. The van der Waals surface area contributed by atoms with Crippen LogP contribution in [-0.4, -0.2) is 32.7 Å². The highest BCUT2D eigenvalue weighted by Gasteiger charge is 2.30. The second kappa shape index (κ2) is 10.4. The van der Waals surface area contributed by atoms with Gasteiger partial charge in [0.15, 0.2) is 11.2 Å². The van der Waals surface area contributed by atoms with Gasteiger partial charge in [-0.3, -0.25) is 0 Å². The van der Waals surface area contributed by atoms with Crippen molar-refractivity contribution in [3.8, 4) is 5.88 Å². The Kier molecular flexibility index (Phi) is 6.97. The normalized spacial score (nSPS) is 19.2. The van der Waals surface area contributed by atoms with Crippen LogP contribution in [0.3, 0.4) is 0 Å². The number of anilines is 1. The van der Waals surface area contributed by atoms with Crippen LogP contribution in [0.4, 0.5) is 5.95 Å². The highest BCUT2D eigenvalue weighted by atomic mass is 31.2. The van der Waals surface area contributed by atoms with Crippen LogP contribution in [0.5, 0.6) is 5.88 Å². The molecule has 0 spiro atoms. The average molecular weight is 479 g/mol. The van der Waals surface area contributed by atoms with Gasteiger partial charge in [0.05, 0.1) is 26.1 Å². The molecule has 0 aliphatic carbocycles. The summed E-state index contributed by atoms with van der Waals surface area (Å²) < 4.78 is 25.5. The monoisotopic (exact) mass is 479 g/mol. The van der Waals surface area contributed by atoms with Crippen molar-refractivity contribution in [2.75, 3.05) is 18.9 Å². The van der Waals surface area contributed by atoms with E-state index in [0.717, 1.165) is 11.1 Å². The highest BCUT2D eigenvalue weighted by molar-refractivity contribution is 7.41. The molecular formula is C24H26N5O4P. The molecule has 10 heteroatoms. The maximum atomic E-state index is 5.99. The van der Waals surface area contributed by atoms with Crippen molar-refractivity contribution in [2.24, 2.45) is 5.92 Å². The molecule has 176 valence electrons. The molecule has 1 saturated heterocycles. The van der Waals surface area contributed by atoms with E-state index in [1.54, 1.807) is 6.33 Å². The van der Waals surface area contributed by atoms with Gasteiger partial charge in [-0.1, -0.05) is 60.7 Å². The van der Waals surface area contributed by atoms with Gasteiger partial charge < -0.3 is 28.6 Å². The summed E-state index contributed by atoms with van der Waals surface area (Å²) in [6, 6.07) is 19.8. The quantitative estimate of drug-likeness (QED) is 0.364. The molecule has 2 N–H and O–H groups in total. The second-order valence-electron chi connectivity index (χ2n) is 8.06. The Morgan fingerprint density at radius 3 is 2.32 bits per heavy atom. The fraction of sp³-hybridized carbons (Fsp3) is 0.292. The summed E-state index contributed by atoms with van der Waals surface area (Å²) in [7, 11) is -1.37. The van der Waals surface area contributed by atoms with Gasteiger partial charge in [0.1, 0.15) is 6.61 Å². The van der Waals surface area contributed by atoms with Gasteiger partial charge in [0.2, 0.25) is 11.8 Å². The van der Waals surface area contributed by atoms with Crippen molar-refractivity contribution in [1.82, 2.24) is 19.5 Å². The summed E-state index contributed by atoms with van der Waals surface area (Å²) in [4.78, 5) is 13.2. The molecule has 2 aromatic heterocycles. The molecule has 1 aliphatic heterocycles. The Balaban J connectivity index is 1.24. The fourth-order valence-corrected chi connectivity index (χ4v) is 4.82. The molecule has 0 radical (unpaired) electrons. The third-order valence-corrected chi connectivity index (χ3v) is 6.77. The van der Waals surface area contributed by atoms with Crippen molar-refractivity contribution >= 4 is 25.7 Å². The minimum Gasteiger partial charge on any atom is -0.471 e. The van der Waals surface area contributed by atoms with E-state index in [1.807, 2.05) is 65.2 Å². The standard InChI is InChI=1S/C24H26N5O4P/c1-17(20-14-32-34(33-15-20)31-13-19-10-6-3-7-11-19)29-16-26-21-22(29)27-24(25)28-23(21)30-12-18-8-4-2-5-9-18/h2-11,16-17,20H,12-15H2,1H3,(H2,25,27,28). The Labute approximate surface area is 198 Å². The van der Waals surface area contributed by atoms with Gasteiger partial charge in [-0.15, -0.1) is 0 Å². The van der Waals surface area contributed by atoms with Crippen molar-refractivity contribution in [3.05, 3.63) is 78.1 Å². The minimum atomic E-state index is -1.37. The van der Waals surface area contributed by atoms with E-state index in [-0.39, 0.29) is 17.9 Å². The number of nitrogen functional groups attached to an aromatic ring is 1. The molecule has 0 bridgehead atoms. The lowest BCUT2D eigenvalue weighted by atomic mass is 10.0. The zero-order chi connectivity index (χ0) is 23.3. The number of hydrogen-bond acceptors (Lipinski definition) is 8. The van der Waals surface area contributed by atoms with E-state index in [4.69, 9.17) is 24.0 Å². The lowest BCUT2D eigenvalue weighted by Crippen LogP contribution is -2.28. The first-order chi connectivity index (χ1) is 16.7. The van der Waals surface area contributed by atoms with Crippen LogP contribution in [0.15, 0.2) is 67.0 Å². The first-order valence-electron chi connectivity index (χ1n) is 11.1. The molecule has 1 fully saturated rings. The molecule has 1 aliphatic rings. The van der Waals surface area contributed by atoms with Gasteiger partial charge in [0.25, 0.3) is 0 Å². The highest BCUT2D eigenvalue weighted by Crippen LogP contribution is 2.46. The molecule has 5 rings (SSSR count). The van der Waals surface area contributed by atoms with E-state index in [0.29, 0.717) is 43.5 Å². The lowest BCUT2D eigenvalue weighted by molar-refractivity contribution is 0.0505. The van der Waals surface area contributed by atoms with E-state index in [2.05, 4.69) is 21.9 Å². The van der Waals surface area contributed by atoms with Crippen LogP contribution in [0.1, 0.15) is 24.1 Å². The summed E-state index contributed by atoms with van der Waals surface area (Å²) in [5.74, 6) is 0.603. The number of nitrogens with zero attached hydrogens (tertiary/aromatic N) is 4. The van der Waals surface area contributed by atoms with Gasteiger partial charge in [-0.05, 0) is 18.1 Å². The second-order valence-corrected chi connectivity index (χ2v) is 9.28. The number of ether oxygens (including phenoxy) is 1. The third-order valence-electron chi connectivity index (χ3n) is 5.71. The maximum absolute atomic E-state index is 5.99. The number of rotatable bonds is 8. The van der Waals surface area contributed by atoms with Crippen LogP contribution in [0.2, 0.25) is 0 Å². The van der Waals surface area contributed by atoms with Crippen molar-refractivity contribution in [3.63, 3.8) is 0 Å². The van der Waals surface area contributed by atoms with Crippen LogP contribution >= 0.6 is 8.60 Å². The Bertz CT molecular complexity index is 1220. The number of hydrogen-bond donors (Lipinski definition) is 1. The first kappa shape index (κ1) is 22.7. The van der Waals surface area contributed by atoms with Gasteiger partial charge in [-0.25, -0.2) is 4.98 Å². The van der Waals surface area contributed by atoms with E-state index >= 15 is 0 Å². The summed E-state index contributed by atoms with van der Waals surface area (Å²) >= 11 is 0. The van der Waals surface area contributed by atoms with Gasteiger partial charge in [0, 0.05) is 12.0 Å². The fourth-order valence-electron chi connectivity index (χ4n) is 3.71. The first-order valence-corrected chi connectivity index (χ1v) is 12.2. The number of fused-ring (bicyclic) bond motifs is 1. The number of nitrogens with two attached hydrogens (primary N) is 1. The molecule has 0 saturated carbocycles. The molecule has 3 heterocycles. The zero-order valence-corrected chi connectivity index (χ0v) is 19.7. The number of aromatic nitrogens is 4. The number of benzene rings is 2. The summed E-state index contributed by atoms with van der Waals surface area (Å²) in [5, 5.41) is 0. The molecule has 9 nitrogen and oxygen atoms in total. The Morgan fingerprint density at radius 1 is 1.00 bits per heavy atom. The molecule has 2 aromatic carbocycles. The SMILES string of the molecule is CC(C1COP(OCc2ccccc2)OC1)n1cnc2c(OCc3ccccc3)nc(N)nc21. The Hall–Kier alpha value is -3.10.